The number of hydrogen-bond donors (Lipinski definition) is 0. The molecule has 0 heterocycles. The van der Waals surface area contributed by atoms with Crippen molar-refractivity contribution < 1.29 is 4.79 Å². The summed E-state index contributed by atoms with van der Waals surface area (Å²) in [5.41, 5.74) is 1.16. The summed E-state index contributed by atoms with van der Waals surface area (Å²) < 4.78 is 0. The number of thioether (sulfide) groups is 1. The normalized spacial score (nSPS) is 9.69. The van der Waals surface area contributed by atoms with Gasteiger partial charge in [0.2, 0.25) is 0 Å². The topological polar surface area (TPSA) is 20.3 Å². The highest BCUT2D eigenvalue weighted by atomic mass is 32.2. The minimum atomic E-state index is 0.519. The van der Waals surface area contributed by atoms with Crippen LogP contribution in [0.1, 0.15) is 0 Å². The van der Waals surface area contributed by atoms with Gasteiger partial charge in [-0.15, -0.1) is 11.8 Å². The summed E-state index contributed by atoms with van der Waals surface area (Å²) in [6.07, 6.45) is 0.928. The zero-order valence-corrected chi connectivity index (χ0v) is 8.67. The summed E-state index contributed by atoms with van der Waals surface area (Å²) in [5.74, 6) is 0.519. The summed E-state index contributed by atoms with van der Waals surface area (Å²) in [7, 11) is 4.00. The van der Waals surface area contributed by atoms with E-state index in [-0.39, 0.29) is 0 Å². The summed E-state index contributed by atoms with van der Waals surface area (Å²) in [4.78, 5) is 13.4. The molecule has 0 bridgehead atoms. The van der Waals surface area contributed by atoms with E-state index in [4.69, 9.17) is 0 Å². The van der Waals surface area contributed by atoms with E-state index in [9.17, 15) is 4.79 Å². The van der Waals surface area contributed by atoms with Crippen molar-refractivity contribution in [1.29, 1.82) is 0 Å². The first-order chi connectivity index (χ1) is 6.25. The van der Waals surface area contributed by atoms with Crippen LogP contribution in [0.15, 0.2) is 29.2 Å². The number of rotatable bonds is 4. The van der Waals surface area contributed by atoms with E-state index in [0.717, 1.165) is 16.9 Å². The van der Waals surface area contributed by atoms with E-state index in [1.165, 1.54) is 0 Å². The first-order valence-corrected chi connectivity index (χ1v) is 5.07. The number of hydrogen-bond acceptors (Lipinski definition) is 3. The Morgan fingerprint density at radius 1 is 1.38 bits per heavy atom. The van der Waals surface area contributed by atoms with E-state index in [1.807, 2.05) is 43.3 Å². The van der Waals surface area contributed by atoms with E-state index >= 15 is 0 Å². The molecule has 1 aromatic rings. The molecule has 0 atom stereocenters. The summed E-state index contributed by atoms with van der Waals surface area (Å²) in [6, 6.07) is 8.07. The van der Waals surface area contributed by atoms with E-state index < -0.39 is 0 Å². The fourth-order valence-corrected chi connectivity index (χ4v) is 1.89. The van der Waals surface area contributed by atoms with Gasteiger partial charge in [-0.25, -0.2) is 0 Å². The second kappa shape index (κ2) is 4.92. The maximum absolute atomic E-state index is 10.2. The molecule has 13 heavy (non-hydrogen) atoms. The monoisotopic (exact) mass is 195 g/mol. The number of nitrogens with zero attached hydrogens (tertiary/aromatic N) is 1. The molecule has 0 fully saturated rings. The highest BCUT2D eigenvalue weighted by molar-refractivity contribution is 8.00. The quantitative estimate of drug-likeness (QED) is 0.541. The highest BCUT2D eigenvalue weighted by Gasteiger charge is 2.02. The highest BCUT2D eigenvalue weighted by Crippen LogP contribution is 2.27. The molecule has 0 N–H and O–H groups in total. The second-order valence-corrected chi connectivity index (χ2v) is 3.90. The maximum atomic E-state index is 10.2. The molecule has 70 valence electrons. The molecule has 0 amide bonds. The van der Waals surface area contributed by atoms with E-state index in [2.05, 4.69) is 0 Å². The van der Waals surface area contributed by atoms with E-state index in [0.29, 0.717) is 5.75 Å². The largest absolute Gasteiger partial charge is 0.377 e. The first kappa shape index (κ1) is 10.1. The predicted octanol–water partition coefficient (Wildman–Crippen LogP) is 2.04. The van der Waals surface area contributed by atoms with Crippen molar-refractivity contribution >= 4 is 23.7 Å². The van der Waals surface area contributed by atoms with Crippen LogP contribution in [0.3, 0.4) is 0 Å². The Balaban J connectivity index is 2.84. The minimum absolute atomic E-state index is 0.519. The fourth-order valence-electron chi connectivity index (χ4n) is 1.07. The van der Waals surface area contributed by atoms with Crippen molar-refractivity contribution in [2.24, 2.45) is 0 Å². The minimum Gasteiger partial charge on any atom is -0.377 e. The molecule has 0 aliphatic carbocycles. The Morgan fingerprint density at radius 3 is 2.69 bits per heavy atom. The Morgan fingerprint density at radius 2 is 2.08 bits per heavy atom. The molecular formula is C10H13NOS. The zero-order valence-electron chi connectivity index (χ0n) is 7.86. The van der Waals surface area contributed by atoms with Gasteiger partial charge in [-0.2, -0.15) is 0 Å². The third-order valence-electron chi connectivity index (χ3n) is 1.65. The van der Waals surface area contributed by atoms with Crippen LogP contribution in [0.4, 0.5) is 5.69 Å². The summed E-state index contributed by atoms with van der Waals surface area (Å²) >= 11 is 1.57. The molecule has 0 spiro atoms. The van der Waals surface area contributed by atoms with Crippen LogP contribution in [0.2, 0.25) is 0 Å². The molecule has 2 nitrogen and oxygen atoms in total. The number of para-hydroxylation sites is 1. The lowest BCUT2D eigenvalue weighted by atomic mass is 10.3. The smallest absolute Gasteiger partial charge is 0.130 e. The van der Waals surface area contributed by atoms with Gasteiger partial charge < -0.3 is 9.69 Å². The third-order valence-corrected chi connectivity index (χ3v) is 2.61. The number of benzene rings is 1. The molecule has 0 aromatic heterocycles. The third kappa shape index (κ3) is 2.77. The second-order valence-electron chi connectivity index (χ2n) is 2.84. The molecule has 0 unspecified atom stereocenters. The van der Waals surface area contributed by atoms with Gasteiger partial charge in [0, 0.05) is 24.7 Å². The van der Waals surface area contributed by atoms with Gasteiger partial charge in [0.15, 0.2) is 0 Å². The Kier molecular flexibility index (Phi) is 3.83. The lowest BCUT2D eigenvalue weighted by Crippen LogP contribution is -2.09. The fraction of sp³-hybridized carbons (Fsp3) is 0.300. The van der Waals surface area contributed by atoms with Crippen molar-refractivity contribution in [3.63, 3.8) is 0 Å². The van der Waals surface area contributed by atoms with Crippen LogP contribution in [0, 0.1) is 0 Å². The predicted molar refractivity (Wildman–Crippen MR) is 57.6 cm³/mol. The standard InChI is InChI=1S/C10H13NOS/c1-11(2)9-5-3-4-6-10(9)13-8-7-12/h3-7H,8H2,1-2H3. The molecule has 3 heteroatoms. The molecule has 0 aliphatic heterocycles. The first-order valence-electron chi connectivity index (χ1n) is 4.08. The van der Waals surface area contributed by atoms with Crippen LogP contribution in [-0.4, -0.2) is 26.1 Å². The Hall–Kier alpha value is -0.960. The van der Waals surface area contributed by atoms with Gasteiger partial charge >= 0.3 is 0 Å². The summed E-state index contributed by atoms with van der Waals surface area (Å²) in [6.45, 7) is 0. The van der Waals surface area contributed by atoms with Crippen molar-refractivity contribution in [3.8, 4) is 0 Å². The molecule has 0 saturated carbocycles. The van der Waals surface area contributed by atoms with Crippen LogP contribution >= 0.6 is 11.8 Å². The van der Waals surface area contributed by atoms with Gasteiger partial charge in [0.05, 0.1) is 5.75 Å². The lowest BCUT2D eigenvalue weighted by Gasteiger charge is -2.15. The molecule has 1 rings (SSSR count). The Bertz CT molecular complexity index is 286. The van der Waals surface area contributed by atoms with Gasteiger partial charge in [-0.1, -0.05) is 12.1 Å². The molecule has 0 saturated heterocycles. The summed E-state index contributed by atoms with van der Waals surface area (Å²) in [5, 5.41) is 0. The van der Waals surface area contributed by atoms with Crippen LogP contribution < -0.4 is 4.90 Å². The maximum Gasteiger partial charge on any atom is 0.130 e. The molecule has 0 radical (unpaired) electrons. The van der Waals surface area contributed by atoms with Crippen molar-refractivity contribution in [2.75, 3.05) is 24.7 Å². The molecular weight excluding hydrogens is 182 g/mol. The lowest BCUT2D eigenvalue weighted by molar-refractivity contribution is -0.105. The van der Waals surface area contributed by atoms with Crippen molar-refractivity contribution in [1.82, 2.24) is 0 Å². The SMILES string of the molecule is CN(C)c1ccccc1SCC=O. The average molecular weight is 195 g/mol. The Labute approximate surface area is 82.9 Å². The molecule has 1 aromatic carbocycles. The number of carbonyl (C=O) groups is 1. The average Bonchev–Trinajstić information content (AvgIpc) is 2.15. The van der Waals surface area contributed by atoms with Crippen LogP contribution in [0.25, 0.3) is 0 Å². The van der Waals surface area contributed by atoms with E-state index in [1.54, 1.807) is 11.8 Å². The van der Waals surface area contributed by atoms with Crippen LogP contribution in [-0.2, 0) is 4.79 Å². The van der Waals surface area contributed by atoms with Crippen molar-refractivity contribution in [3.05, 3.63) is 24.3 Å². The zero-order chi connectivity index (χ0) is 9.68. The number of carbonyl (C=O) groups excluding carboxylic acids is 1. The van der Waals surface area contributed by atoms with Gasteiger partial charge in [0.1, 0.15) is 6.29 Å². The van der Waals surface area contributed by atoms with Crippen molar-refractivity contribution in [2.45, 2.75) is 4.90 Å². The van der Waals surface area contributed by atoms with Gasteiger partial charge in [0.25, 0.3) is 0 Å². The van der Waals surface area contributed by atoms with Gasteiger partial charge in [-0.05, 0) is 12.1 Å². The molecule has 0 aliphatic rings. The number of anilines is 1. The number of aldehydes is 1. The van der Waals surface area contributed by atoms with Gasteiger partial charge in [-0.3, -0.25) is 0 Å². The van der Waals surface area contributed by atoms with Crippen LogP contribution in [0.5, 0.6) is 0 Å².